The third-order valence-corrected chi connectivity index (χ3v) is 3.14. The summed E-state index contributed by atoms with van der Waals surface area (Å²) in [7, 11) is 0. The minimum Gasteiger partial charge on any atom is -0.472 e. The van der Waals surface area contributed by atoms with Crippen molar-refractivity contribution in [1.29, 1.82) is 0 Å². The predicted molar refractivity (Wildman–Crippen MR) is 84.5 cm³/mol. The van der Waals surface area contributed by atoms with Gasteiger partial charge in [0.25, 0.3) is 0 Å². The van der Waals surface area contributed by atoms with Gasteiger partial charge in [-0.1, -0.05) is 30.3 Å². The van der Waals surface area contributed by atoms with Crippen LogP contribution in [0.4, 0.5) is 5.82 Å². The molecule has 0 aliphatic rings. The molecule has 0 radical (unpaired) electrons. The fourth-order valence-corrected chi connectivity index (χ4v) is 1.97. The van der Waals surface area contributed by atoms with E-state index in [-0.39, 0.29) is 19.1 Å². The van der Waals surface area contributed by atoms with E-state index < -0.39 is 0 Å². The summed E-state index contributed by atoms with van der Waals surface area (Å²) < 4.78 is 10.2. The first-order valence-electron chi connectivity index (χ1n) is 7.09. The van der Waals surface area contributed by atoms with E-state index in [1.54, 1.807) is 24.7 Å². The Morgan fingerprint density at radius 1 is 1.17 bits per heavy atom. The van der Waals surface area contributed by atoms with Crippen LogP contribution in [-0.2, 0) is 16.1 Å². The molecule has 2 heterocycles. The van der Waals surface area contributed by atoms with Crippen LogP contribution in [0.25, 0.3) is 11.3 Å². The summed E-state index contributed by atoms with van der Waals surface area (Å²) in [5.41, 5.74) is 2.51. The highest BCUT2D eigenvalue weighted by Gasteiger charge is 2.06. The second-order valence-corrected chi connectivity index (χ2v) is 4.80. The van der Waals surface area contributed by atoms with E-state index in [4.69, 9.17) is 9.15 Å². The molecule has 0 atom stereocenters. The molecule has 0 unspecified atom stereocenters. The molecule has 0 aliphatic carbocycles. The maximum Gasteiger partial charge on any atom is 0.325 e. The number of hydrogen-bond acceptors (Lipinski definition) is 6. The van der Waals surface area contributed by atoms with Gasteiger partial charge in [0.05, 0.1) is 18.2 Å². The molecular formula is C17H15N3O3. The van der Waals surface area contributed by atoms with Gasteiger partial charge in [0.2, 0.25) is 0 Å². The summed E-state index contributed by atoms with van der Waals surface area (Å²) in [6.07, 6.45) is 4.60. The molecule has 0 amide bonds. The quantitative estimate of drug-likeness (QED) is 0.705. The van der Waals surface area contributed by atoms with E-state index in [9.17, 15) is 4.79 Å². The van der Waals surface area contributed by atoms with Crippen molar-refractivity contribution in [2.75, 3.05) is 11.9 Å². The van der Waals surface area contributed by atoms with Gasteiger partial charge in [-0.15, -0.1) is 0 Å². The van der Waals surface area contributed by atoms with Crippen LogP contribution in [0, 0.1) is 0 Å². The van der Waals surface area contributed by atoms with E-state index in [1.165, 1.54) is 6.33 Å². The van der Waals surface area contributed by atoms with Gasteiger partial charge in [-0.3, -0.25) is 4.79 Å². The van der Waals surface area contributed by atoms with Crippen molar-refractivity contribution in [1.82, 2.24) is 9.97 Å². The molecule has 0 bridgehead atoms. The second kappa shape index (κ2) is 7.22. The molecule has 23 heavy (non-hydrogen) atoms. The number of carbonyl (C=O) groups is 1. The number of esters is 1. The minimum atomic E-state index is -0.350. The number of ether oxygens (including phenoxy) is 1. The normalized spacial score (nSPS) is 10.3. The Kier molecular flexibility index (Phi) is 4.63. The first-order valence-corrected chi connectivity index (χ1v) is 7.09. The monoisotopic (exact) mass is 309 g/mol. The zero-order valence-electron chi connectivity index (χ0n) is 12.3. The lowest BCUT2D eigenvalue weighted by Crippen LogP contribution is -2.17. The lowest BCUT2D eigenvalue weighted by atomic mass is 10.2. The molecule has 116 valence electrons. The first-order chi connectivity index (χ1) is 11.3. The largest absolute Gasteiger partial charge is 0.472 e. The second-order valence-electron chi connectivity index (χ2n) is 4.80. The zero-order valence-corrected chi connectivity index (χ0v) is 12.3. The average Bonchev–Trinajstić information content (AvgIpc) is 3.14. The molecule has 2 aromatic heterocycles. The third kappa shape index (κ3) is 4.16. The number of anilines is 1. The van der Waals surface area contributed by atoms with Crippen LogP contribution < -0.4 is 5.32 Å². The molecule has 0 aliphatic heterocycles. The van der Waals surface area contributed by atoms with Gasteiger partial charge in [-0.2, -0.15) is 0 Å². The molecule has 6 heteroatoms. The summed E-state index contributed by atoms with van der Waals surface area (Å²) in [4.78, 5) is 20.0. The third-order valence-electron chi connectivity index (χ3n) is 3.14. The fourth-order valence-electron chi connectivity index (χ4n) is 1.97. The summed E-state index contributed by atoms with van der Waals surface area (Å²) in [6, 6.07) is 13.1. The van der Waals surface area contributed by atoms with Gasteiger partial charge < -0.3 is 14.5 Å². The fraction of sp³-hybridized carbons (Fsp3) is 0.118. The standard InChI is InChI=1S/C17H15N3O3/c21-17(23-10-13-4-2-1-3-5-13)9-18-16-8-15(19-12-20-16)14-6-7-22-11-14/h1-8,11-12H,9-10H2,(H,18,19,20). The van der Waals surface area contributed by atoms with E-state index >= 15 is 0 Å². The number of nitrogens with zero attached hydrogens (tertiary/aromatic N) is 2. The lowest BCUT2D eigenvalue weighted by Gasteiger charge is -2.07. The van der Waals surface area contributed by atoms with Gasteiger partial charge in [-0.05, 0) is 11.6 Å². The minimum absolute atomic E-state index is 0.0364. The van der Waals surface area contributed by atoms with E-state index in [0.29, 0.717) is 11.5 Å². The predicted octanol–water partition coefficient (Wildman–Crippen LogP) is 2.89. The number of aromatic nitrogens is 2. The van der Waals surface area contributed by atoms with Crippen molar-refractivity contribution in [2.24, 2.45) is 0 Å². The van der Waals surface area contributed by atoms with Crippen molar-refractivity contribution in [3.05, 3.63) is 66.9 Å². The van der Waals surface area contributed by atoms with E-state index in [0.717, 1.165) is 11.1 Å². The summed E-state index contributed by atoms with van der Waals surface area (Å²) >= 11 is 0. The van der Waals surface area contributed by atoms with Gasteiger partial charge >= 0.3 is 5.97 Å². The van der Waals surface area contributed by atoms with Crippen LogP contribution in [0.15, 0.2) is 65.7 Å². The van der Waals surface area contributed by atoms with Crippen LogP contribution in [0.5, 0.6) is 0 Å². The van der Waals surface area contributed by atoms with Crippen LogP contribution in [-0.4, -0.2) is 22.5 Å². The number of carbonyl (C=O) groups excluding carboxylic acids is 1. The van der Waals surface area contributed by atoms with Crippen molar-refractivity contribution in [3.63, 3.8) is 0 Å². The molecule has 0 fully saturated rings. The molecule has 0 spiro atoms. The van der Waals surface area contributed by atoms with Crippen molar-refractivity contribution in [3.8, 4) is 11.3 Å². The number of nitrogens with one attached hydrogen (secondary N) is 1. The first kappa shape index (κ1) is 14.8. The molecule has 1 aromatic carbocycles. The Hall–Kier alpha value is -3.15. The Bertz CT molecular complexity index is 758. The summed E-state index contributed by atoms with van der Waals surface area (Å²) in [5, 5.41) is 2.93. The Morgan fingerprint density at radius 3 is 2.83 bits per heavy atom. The van der Waals surface area contributed by atoms with Gasteiger partial charge in [0.1, 0.15) is 25.3 Å². The molecule has 3 rings (SSSR count). The molecule has 6 nitrogen and oxygen atoms in total. The maximum absolute atomic E-state index is 11.8. The molecule has 1 N–H and O–H groups in total. The zero-order chi connectivity index (χ0) is 15.9. The van der Waals surface area contributed by atoms with Gasteiger partial charge in [0.15, 0.2) is 0 Å². The average molecular weight is 309 g/mol. The van der Waals surface area contributed by atoms with Crippen LogP contribution in [0.2, 0.25) is 0 Å². The van der Waals surface area contributed by atoms with Crippen LogP contribution >= 0.6 is 0 Å². The van der Waals surface area contributed by atoms with Gasteiger partial charge in [-0.25, -0.2) is 9.97 Å². The highest BCUT2D eigenvalue weighted by Crippen LogP contribution is 2.18. The molecular weight excluding hydrogens is 294 g/mol. The lowest BCUT2D eigenvalue weighted by molar-refractivity contribution is -0.142. The summed E-state index contributed by atoms with van der Waals surface area (Å²) in [6.45, 7) is 0.292. The number of hydrogen-bond donors (Lipinski definition) is 1. The van der Waals surface area contributed by atoms with Crippen LogP contribution in [0.3, 0.4) is 0 Å². The Balaban J connectivity index is 1.52. The van der Waals surface area contributed by atoms with Crippen LogP contribution in [0.1, 0.15) is 5.56 Å². The van der Waals surface area contributed by atoms with Crippen molar-refractivity contribution < 1.29 is 13.9 Å². The molecule has 0 saturated carbocycles. The molecule has 0 saturated heterocycles. The van der Waals surface area contributed by atoms with E-state index in [2.05, 4.69) is 15.3 Å². The smallest absolute Gasteiger partial charge is 0.325 e. The van der Waals surface area contributed by atoms with Crippen molar-refractivity contribution in [2.45, 2.75) is 6.61 Å². The van der Waals surface area contributed by atoms with E-state index in [1.807, 2.05) is 30.3 Å². The molecule has 3 aromatic rings. The Morgan fingerprint density at radius 2 is 2.04 bits per heavy atom. The Labute approximate surface area is 133 Å². The number of benzene rings is 1. The van der Waals surface area contributed by atoms with Gasteiger partial charge in [0, 0.05) is 11.6 Å². The topological polar surface area (TPSA) is 77.3 Å². The number of rotatable bonds is 6. The maximum atomic E-state index is 11.8. The SMILES string of the molecule is O=C(CNc1cc(-c2ccoc2)ncn1)OCc1ccccc1. The highest BCUT2D eigenvalue weighted by molar-refractivity contribution is 5.75. The number of furan rings is 1. The highest BCUT2D eigenvalue weighted by atomic mass is 16.5. The summed E-state index contributed by atoms with van der Waals surface area (Å²) in [5.74, 6) is 0.199. The van der Waals surface area contributed by atoms with Crippen molar-refractivity contribution >= 4 is 11.8 Å².